The van der Waals surface area contributed by atoms with E-state index in [1.54, 1.807) is 22.0 Å². The maximum Gasteiger partial charge on any atom is 0.244 e. The van der Waals surface area contributed by atoms with Crippen molar-refractivity contribution in [3.8, 4) is 0 Å². The molecule has 27 heavy (non-hydrogen) atoms. The Hall–Kier alpha value is -1.68. The number of halogens is 1. The van der Waals surface area contributed by atoms with Gasteiger partial charge < -0.3 is 25.0 Å². The van der Waals surface area contributed by atoms with Gasteiger partial charge in [0.25, 0.3) is 0 Å². The fraction of sp³-hybridized carbons (Fsp3) is 0.706. The van der Waals surface area contributed by atoms with E-state index in [9.17, 15) is 9.59 Å². The molecule has 3 unspecified atom stereocenters. The molecule has 0 aromatic carbocycles. The monoisotopic (exact) mass is 401 g/mol. The van der Waals surface area contributed by atoms with Gasteiger partial charge in [0, 0.05) is 38.3 Å². The van der Waals surface area contributed by atoms with Crippen molar-refractivity contribution in [3.05, 3.63) is 12.4 Å². The summed E-state index contributed by atoms with van der Waals surface area (Å²) in [6, 6.07) is 0.0330. The lowest BCUT2D eigenvalue weighted by molar-refractivity contribution is -0.144. The van der Waals surface area contributed by atoms with E-state index in [1.165, 1.54) is 0 Å². The minimum atomic E-state index is -0.102. The Morgan fingerprint density at radius 1 is 1.33 bits per heavy atom. The average molecular weight is 402 g/mol. The number of nitrogens with one attached hydrogen (secondary N) is 2. The number of nitrogens with zero attached hydrogens (tertiary/aromatic N) is 3. The van der Waals surface area contributed by atoms with Crippen molar-refractivity contribution in [1.82, 2.24) is 20.0 Å². The molecular formula is C17H28ClN5O4. The van der Waals surface area contributed by atoms with E-state index < -0.39 is 0 Å². The van der Waals surface area contributed by atoms with Gasteiger partial charge in [-0.25, -0.2) is 0 Å². The van der Waals surface area contributed by atoms with Gasteiger partial charge >= 0.3 is 0 Å². The zero-order valence-electron chi connectivity index (χ0n) is 15.7. The van der Waals surface area contributed by atoms with Gasteiger partial charge in [-0.3, -0.25) is 14.3 Å². The molecule has 0 radical (unpaired) electrons. The first kappa shape index (κ1) is 21.6. The Labute approximate surface area is 165 Å². The Morgan fingerprint density at radius 3 is 2.74 bits per heavy atom. The van der Waals surface area contributed by atoms with Crippen molar-refractivity contribution in [2.75, 3.05) is 38.2 Å². The van der Waals surface area contributed by atoms with Crippen molar-refractivity contribution in [2.45, 2.75) is 45.1 Å². The summed E-state index contributed by atoms with van der Waals surface area (Å²) in [5.74, 6) is -0.105. The van der Waals surface area contributed by atoms with Gasteiger partial charge in [0.05, 0.1) is 37.3 Å². The van der Waals surface area contributed by atoms with E-state index in [4.69, 9.17) is 9.47 Å². The van der Waals surface area contributed by atoms with Crippen LogP contribution in [0.4, 0.5) is 5.69 Å². The van der Waals surface area contributed by atoms with Crippen LogP contribution in [-0.4, -0.2) is 77.6 Å². The smallest absolute Gasteiger partial charge is 0.244 e. The van der Waals surface area contributed by atoms with Crippen LogP contribution in [-0.2, 0) is 25.6 Å². The third kappa shape index (κ3) is 6.46. The molecule has 2 N–H and O–H groups in total. The molecule has 2 aliphatic heterocycles. The van der Waals surface area contributed by atoms with E-state index in [-0.39, 0.29) is 49.0 Å². The zero-order chi connectivity index (χ0) is 18.5. The van der Waals surface area contributed by atoms with Gasteiger partial charge in [-0.05, 0) is 13.8 Å². The van der Waals surface area contributed by atoms with Crippen LogP contribution in [0.5, 0.6) is 0 Å². The standard InChI is InChI=1S/C17H27N5O4.ClH/c1-12-7-21(8-13(2)26-12)17(24)10-22-9-15(6-19-22)20-16(23)5-14-11-25-4-3-18-14;/h6,9,12-14,18H,3-5,7-8,10-11H2,1-2H3,(H,20,23);1H. The van der Waals surface area contributed by atoms with Crippen LogP contribution < -0.4 is 10.6 Å². The van der Waals surface area contributed by atoms with Gasteiger partial charge in [0.2, 0.25) is 11.8 Å². The summed E-state index contributed by atoms with van der Waals surface area (Å²) in [7, 11) is 0. The molecule has 9 nitrogen and oxygen atoms in total. The number of carbonyl (C=O) groups excluding carboxylic acids is 2. The number of amides is 2. The van der Waals surface area contributed by atoms with E-state index in [0.717, 1.165) is 6.54 Å². The average Bonchev–Trinajstić information content (AvgIpc) is 3.01. The fourth-order valence-electron chi connectivity index (χ4n) is 3.32. The molecule has 0 spiro atoms. The maximum atomic E-state index is 12.5. The van der Waals surface area contributed by atoms with Crippen molar-refractivity contribution in [1.29, 1.82) is 0 Å². The topological polar surface area (TPSA) is 97.7 Å². The highest BCUT2D eigenvalue weighted by Crippen LogP contribution is 2.12. The fourth-order valence-corrected chi connectivity index (χ4v) is 3.32. The number of carbonyl (C=O) groups is 2. The lowest BCUT2D eigenvalue weighted by Crippen LogP contribution is -2.49. The molecule has 0 bridgehead atoms. The summed E-state index contributed by atoms with van der Waals surface area (Å²) in [6.07, 6.45) is 3.64. The van der Waals surface area contributed by atoms with Crippen molar-refractivity contribution < 1.29 is 19.1 Å². The molecule has 1 aromatic heterocycles. The molecule has 1 aromatic rings. The van der Waals surface area contributed by atoms with Gasteiger partial charge in [0.15, 0.2) is 0 Å². The number of anilines is 1. The zero-order valence-corrected chi connectivity index (χ0v) is 16.5. The molecule has 0 aliphatic carbocycles. The number of hydrogen-bond donors (Lipinski definition) is 2. The molecule has 2 amide bonds. The van der Waals surface area contributed by atoms with Crippen molar-refractivity contribution in [3.63, 3.8) is 0 Å². The van der Waals surface area contributed by atoms with Gasteiger partial charge in [0.1, 0.15) is 6.54 Å². The quantitative estimate of drug-likeness (QED) is 0.734. The van der Waals surface area contributed by atoms with Crippen LogP contribution >= 0.6 is 12.4 Å². The molecule has 3 heterocycles. The normalized spacial score (nSPS) is 25.6. The second-order valence-corrected chi connectivity index (χ2v) is 6.96. The van der Waals surface area contributed by atoms with Gasteiger partial charge in [-0.15, -0.1) is 12.4 Å². The predicted molar refractivity (Wildman–Crippen MR) is 102 cm³/mol. The number of rotatable bonds is 5. The molecule has 10 heteroatoms. The summed E-state index contributed by atoms with van der Waals surface area (Å²) < 4.78 is 12.5. The maximum absolute atomic E-state index is 12.5. The largest absolute Gasteiger partial charge is 0.378 e. The lowest BCUT2D eigenvalue weighted by atomic mass is 10.2. The summed E-state index contributed by atoms with van der Waals surface area (Å²) >= 11 is 0. The van der Waals surface area contributed by atoms with Crippen LogP contribution in [0.25, 0.3) is 0 Å². The van der Waals surface area contributed by atoms with Crippen LogP contribution in [0.1, 0.15) is 20.3 Å². The Bertz CT molecular complexity index is 625. The molecular weight excluding hydrogens is 374 g/mol. The van der Waals surface area contributed by atoms with Crippen LogP contribution in [0, 0.1) is 0 Å². The van der Waals surface area contributed by atoms with Crippen LogP contribution in [0.3, 0.4) is 0 Å². The Morgan fingerprint density at radius 2 is 2.07 bits per heavy atom. The first-order valence-electron chi connectivity index (χ1n) is 9.06. The van der Waals surface area contributed by atoms with Crippen LogP contribution in [0.15, 0.2) is 12.4 Å². The first-order valence-corrected chi connectivity index (χ1v) is 9.06. The highest BCUT2D eigenvalue weighted by molar-refractivity contribution is 5.90. The number of hydrogen-bond acceptors (Lipinski definition) is 6. The van der Waals surface area contributed by atoms with Crippen LogP contribution in [0.2, 0.25) is 0 Å². The molecule has 2 aliphatic rings. The highest BCUT2D eigenvalue weighted by Gasteiger charge is 2.26. The van der Waals surface area contributed by atoms with E-state index in [2.05, 4.69) is 15.7 Å². The summed E-state index contributed by atoms with van der Waals surface area (Å²) in [5, 5.41) is 10.2. The summed E-state index contributed by atoms with van der Waals surface area (Å²) in [5.41, 5.74) is 0.586. The summed E-state index contributed by atoms with van der Waals surface area (Å²) in [4.78, 5) is 26.4. The van der Waals surface area contributed by atoms with Gasteiger partial charge in [-0.2, -0.15) is 5.10 Å². The second-order valence-electron chi connectivity index (χ2n) is 6.96. The molecule has 152 valence electrons. The summed E-state index contributed by atoms with van der Waals surface area (Å²) in [6.45, 7) is 7.23. The molecule has 3 atom stereocenters. The minimum absolute atomic E-state index is 0. The third-order valence-corrected chi connectivity index (χ3v) is 4.42. The predicted octanol–water partition coefficient (Wildman–Crippen LogP) is 0.258. The van der Waals surface area contributed by atoms with Crippen molar-refractivity contribution >= 4 is 29.9 Å². The van der Waals surface area contributed by atoms with Gasteiger partial charge in [-0.1, -0.05) is 0 Å². The minimum Gasteiger partial charge on any atom is -0.378 e. The van der Waals surface area contributed by atoms with E-state index in [1.807, 2.05) is 13.8 Å². The van der Waals surface area contributed by atoms with E-state index >= 15 is 0 Å². The van der Waals surface area contributed by atoms with Crippen molar-refractivity contribution in [2.24, 2.45) is 0 Å². The Balaban J connectivity index is 0.00000261. The molecule has 2 saturated heterocycles. The second kappa shape index (κ2) is 10.0. The Kier molecular flexibility index (Phi) is 8.03. The highest BCUT2D eigenvalue weighted by atomic mass is 35.5. The van der Waals surface area contributed by atoms with E-state index in [0.29, 0.717) is 38.4 Å². The first-order chi connectivity index (χ1) is 12.5. The molecule has 3 rings (SSSR count). The molecule has 0 saturated carbocycles. The number of ether oxygens (including phenoxy) is 2. The molecule has 2 fully saturated rings. The number of morpholine rings is 2. The number of aromatic nitrogens is 2. The SMILES string of the molecule is CC1CN(C(=O)Cn2cc(NC(=O)CC3COCCN3)cn2)CC(C)O1.Cl. The third-order valence-electron chi connectivity index (χ3n) is 4.42. The lowest BCUT2D eigenvalue weighted by Gasteiger charge is -2.35.